The van der Waals surface area contributed by atoms with Crippen molar-refractivity contribution in [3.63, 3.8) is 0 Å². The van der Waals surface area contributed by atoms with Gasteiger partial charge in [-0.2, -0.15) is 0 Å². The number of benzene rings is 1. The van der Waals surface area contributed by atoms with E-state index in [4.69, 9.17) is 16.3 Å². The molecule has 4 heteroatoms. The lowest BCUT2D eigenvalue weighted by Crippen LogP contribution is -2.25. The Labute approximate surface area is 121 Å². The number of methoxy groups -OCH3 is 1. The van der Waals surface area contributed by atoms with Crippen molar-refractivity contribution in [1.82, 2.24) is 5.32 Å². The van der Waals surface area contributed by atoms with E-state index >= 15 is 0 Å². The zero-order chi connectivity index (χ0) is 14.3. The van der Waals surface area contributed by atoms with Gasteiger partial charge in [0.25, 0.3) is 0 Å². The lowest BCUT2D eigenvalue weighted by molar-refractivity contribution is 0.206. The maximum Gasteiger partial charge on any atom is 0.0637 e. The first kappa shape index (κ1) is 16.3. The van der Waals surface area contributed by atoms with Crippen LogP contribution in [0.25, 0.3) is 0 Å². The number of halogens is 1. The number of hydrogen-bond acceptors (Lipinski definition) is 3. The van der Waals surface area contributed by atoms with E-state index in [9.17, 15) is 0 Å². The predicted molar refractivity (Wildman–Crippen MR) is 83.1 cm³/mol. The number of anilines is 1. The van der Waals surface area contributed by atoms with Gasteiger partial charge >= 0.3 is 0 Å². The molecule has 0 unspecified atom stereocenters. The molecule has 1 N–H and O–H groups in total. The number of hydrogen-bond donors (Lipinski definition) is 1. The number of ether oxygens (including phenoxy) is 1. The summed E-state index contributed by atoms with van der Waals surface area (Å²) in [4.78, 5) is 2.20. The van der Waals surface area contributed by atoms with Gasteiger partial charge in [-0.3, -0.25) is 0 Å². The fourth-order valence-electron chi connectivity index (χ4n) is 1.91. The molecule has 108 valence electrons. The topological polar surface area (TPSA) is 24.5 Å². The molecule has 0 saturated heterocycles. The predicted octanol–water partition coefficient (Wildman–Crippen LogP) is 3.17. The van der Waals surface area contributed by atoms with Crippen molar-refractivity contribution in [3.05, 3.63) is 28.8 Å². The molecule has 1 aromatic carbocycles. The van der Waals surface area contributed by atoms with Crippen molar-refractivity contribution >= 4 is 17.3 Å². The van der Waals surface area contributed by atoms with Crippen LogP contribution in [0.15, 0.2) is 18.2 Å². The fraction of sp³-hybridized carbons (Fsp3) is 0.600. The van der Waals surface area contributed by atoms with Crippen molar-refractivity contribution in [2.24, 2.45) is 5.92 Å². The minimum Gasteiger partial charge on any atom is -0.383 e. The van der Waals surface area contributed by atoms with E-state index < -0.39 is 0 Å². The number of nitrogens with zero attached hydrogens (tertiary/aromatic N) is 1. The third kappa shape index (κ3) is 5.81. The molecular formula is C15H25ClN2O. The van der Waals surface area contributed by atoms with E-state index in [1.54, 1.807) is 7.11 Å². The lowest BCUT2D eigenvalue weighted by atomic mass is 10.1. The van der Waals surface area contributed by atoms with E-state index in [2.05, 4.69) is 37.2 Å². The first-order chi connectivity index (χ1) is 9.04. The van der Waals surface area contributed by atoms with Crippen LogP contribution in [-0.4, -0.2) is 33.9 Å². The second-order valence-corrected chi connectivity index (χ2v) is 5.65. The highest BCUT2D eigenvalue weighted by Crippen LogP contribution is 2.23. The summed E-state index contributed by atoms with van der Waals surface area (Å²) >= 11 is 6.10. The van der Waals surface area contributed by atoms with Gasteiger partial charge < -0.3 is 15.0 Å². The summed E-state index contributed by atoms with van der Waals surface area (Å²) in [6.07, 6.45) is 0. The molecule has 19 heavy (non-hydrogen) atoms. The molecule has 0 radical (unpaired) electrons. The molecule has 1 aromatic rings. The van der Waals surface area contributed by atoms with Crippen LogP contribution in [0.3, 0.4) is 0 Å². The smallest absolute Gasteiger partial charge is 0.0637 e. The molecule has 0 aliphatic carbocycles. The van der Waals surface area contributed by atoms with Gasteiger partial charge in [0.2, 0.25) is 0 Å². The summed E-state index contributed by atoms with van der Waals surface area (Å²) in [5.41, 5.74) is 2.43. The molecule has 0 atom stereocenters. The van der Waals surface area contributed by atoms with Crippen LogP contribution in [0.4, 0.5) is 5.69 Å². The number of rotatable bonds is 8. The van der Waals surface area contributed by atoms with Gasteiger partial charge in [-0.1, -0.05) is 25.4 Å². The maximum absolute atomic E-state index is 6.10. The third-order valence-corrected chi connectivity index (χ3v) is 3.19. The Morgan fingerprint density at radius 1 is 1.37 bits per heavy atom. The Morgan fingerprint density at radius 3 is 2.74 bits per heavy atom. The summed E-state index contributed by atoms with van der Waals surface area (Å²) in [6.45, 7) is 7.85. The molecule has 0 fully saturated rings. The van der Waals surface area contributed by atoms with E-state index in [0.29, 0.717) is 5.92 Å². The summed E-state index contributed by atoms with van der Waals surface area (Å²) in [5, 5.41) is 4.25. The zero-order valence-corrected chi connectivity index (χ0v) is 13.1. The van der Waals surface area contributed by atoms with Gasteiger partial charge in [-0.15, -0.1) is 0 Å². The van der Waals surface area contributed by atoms with E-state index in [0.717, 1.165) is 31.3 Å². The molecule has 0 spiro atoms. The molecule has 0 heterocycles. The minimum atomic E-state index is 0.647. The van der Waals surface area contributed by atoms with Crippen LogP contribution in [-0.2, 0) is 11.3 Å². The first-order valence-corrected chi connectivity index (χ1v) is 7.11. The lowest BCUT2D eigenvalue weighted by Gasteiger charge is -2.23. The van der Waals surface area contributed by atoms with Gasteiger partial charge in [0.15, 0.2) is 0 Å². The second kappa shape index (κ2) is 8.41. The Balaban J connectivity index is 2.73. The van der Waals surface area contributed by atoms with Gasteiger partial charge in [-0.05, 0) is 36.2 Å². The highest BCUT2D eigenvalue weighted by Gasteiger charge is 2.08. The van der Waals surface area contributed by atoms with Crippen molar-refractivity contribution in [1.29, 1.82) is 0 Å². The number of nitrogens with one attached hydrogen (secondary N) is 1. The number of likely N-dealkylation sites (N-methyl/N-ethyl adjacent to an activating group) is 1. The molecule has 0 saturated carbocycles. The van der Waals surface area contributed by atoms with Crippen LogP contribution < -0.4 is 10.2 Å². The highest BCUT2D eigenvalue weighted by atomic mass is 35.5. The van der Waals surface area contributed by atoms with Gasteiger partial charge in [0.1, 0.15) is 0 Å². The van der Waals surface area contributed by atoms with Crippen LogP contribution in [0, 0.1) is 5.92 Å². The zero-order valence-electron chi connectivity index (χ0n) is 12.4. The van der Waals surface area contributed by atoms with Crippen LogP contribution >= 0.6 is 11.6 Å². The molecule has 0 aliphatic rings. The SMILES string of the molecule is COCCN(C)c1ccc(Cl)cc1CNCC(C)C. The molecule has 0 aliphatic heterocycles. The molecule has 0 amide bonds. The van der Waals surface area contributed by atoms with Gasteiger partial charge in [-0.25, -0.2) is 0 Å². The van der Waals surface area contributed by atoms with E-state index in [1.807, 2.05) is 12.1 Å². The van der Waals surface area contributed by atoms with Crippen LogP contribution in [0.1, 0.15) is 19.4 Å². The van der Waals surface area contributed by atoms with E-state index in [1.165, 1.54) is 11.3 Å². The monoisotopic (exact) mass is 284 g/mol. The highest BCUT2D eigenvalue weighted by molar-refractivity contribution is 6.30. The quantitative estimate of drug-likeness (QED) is 0.794. The molecule has 1 rings (SSSR count). The third-order valence-electron chi connectivity index (χ3n) is 2.95. The van der Waals surface area contributed by atoms with E-state index in [-0.39, 0.29) is 0 Å². The second-order valence-electron chi connectivity index (χ2n) is 5.21. The Hall–Kier alpha value is -0.770. The molecular weight excluding hydrogens is 260 g/mol. The van der Waals surface area contributed by atoms with Crippen molar-refractivity contribution in [2.75, 3.05) is 38.8 Å². The standard InChI is InChI=1S/C15H25ClN2O/c1-12(2)10-17-11-13-9-14(16)5-6-15(13)18(3)7-8-19-4/h5-6,9,12,17H,7-8,10-11H2,1-4H3. The van der Waals surface area contributed by atoms with Crippen LogP contribution in [0.2, 0.25) is 5.02 Å². The Bertz CT molecular complexity index is 382. The van der Waals surface area contributed by atoms with Crippen LogP contribution in [0.5, 0.6) is 0 Å². The largest absolute Gasteiger partial charge is 0.383 e. The maximum atomic E-state index is 6.10. The fourth-order valence-corrected chi connectivity index (χ4v) is 2.11. The van der Waals surface area contributed by atoms with Gasteiger partial charge in [0.05, 0.1) is 6.61 Å². The Morgan fingerprint density at radius 2 is 2.11 bits per heavy atom. The average Bonchev–Trinajstić information content (AvgIpc) is 2.35. The molecule has 0 bridgehead atoms. The molecule has 0 aromatic heterocycles. The first-order valence-electron chi connectivity index (χ1n) is 6.73. The summed E-state index contributed by atoms with van der Waals surface area (Å²) in [6, 6.07) is 6.05. The summed E-state index contributed by atoms with van der Waals surface area (Å²) in [5.74, 6) is 0.647. The van der Waals surface area contributed by atoms with Crippen molar-refractivity contribution < 1.29 is 4.74 Å². The normalized spacial score (nSPS) is 11.1. The minimum absolute atomic E-state index is 0.647. The summed E-state index contributed by atoms with van der Waals surface area (Å²) < 4.78 is 5.13. The van der Waals surface area contributed by atoms with Crippen molar-refractivity contribution in [3.8, 4) is 0 Å². The Kier molecular flexibility index (Phi) is 7.21. The van der Waals surface area contributed by atoms with Crippen molar-refractivity contribution in [2.45, 2.75) is 20.4 Å². The average molecular weight is 285 g/mol. The summed E-state index contributed by atoms with van der Waals surface area (Å²) in [7, 11) is 3.80. The van der Waals surface area contributed by atoms with Gasteiger partial charge in [0, 0.05) is 38.0 Å². The molecule has 3 nitrogen and oxygen atoms in total.